The number of aromatic nitrogens is 1. The molecular weight excluding hydrogens is 454 g/mol. The summed E-state index contributed by atoms with van der Waals surface area (Å²) in [5.41, 5.74) is 9.72. The molecule has 0 saturated carbocycles. The van der Waals surface area contributed by atoms with Crippen LogP contribution in [0.25, 0.3) is 22.4 Å². The lowest BCUT2D eigenvalue weighted by Gasteiger charge is -2.15. The van der Waals surface area contributed by atoms with E-state index in [2.05, 4.69) is 10.3 Å². The molecule has 0 unspecified atom stereocenters. The fraction of sp³-hybridized carbons (Fsp3) is 0.0385. The van der Waals surface area contributed by atoms with Gasteiger partial charge in [0.05, 0.1) is 5.69 Å². The highest BCUT2D eigenvalue weighted by Crippen LogP contribution is 2.33. The monoisotopic (exact) mass is 473 g/mol. The molecule has 3 aromatic carbocycles. The Balaban J connectivity index is 1.75. The summed E-state index contributed by atoms with van der Waals surface area (Å²) in [7, 11) is 0. The number of rotatable bonds is 6. The van der Waals surface area contributed by atoms with E-state index in [9.17, 15) is 9.59 Å². The summed E-state index contributed by atoms with van der Waals surface area (Å²) >= 11 is 7.75. The van der Waals surface area contributed by atoms with E-state index in [0.717, 1.165) is 16.2 Å². The van der Waals surface area contributed by atoms with Gasteiger partial charge >= 0.3 is 0 Å². The number of halogens is 1. The zero-order valence-electron chi connectivity index (χ0n) is 17.7. The summed E-state index contributed by atoms with van der Waals surface area (Å²) in [5.74, 6) is -0.906. The van der Waals surface area contributed by atoms with Crippen LogP contribution in [-0.4, -0.2) is 23.1 Å². The summed E-state index contributed by atoms with van der Waals surface area (Å²) in [6.45, 7) is 0. The number of nitrogens with two attached hydrogens (primary N) is 1. The van der Waals surface area contributed by atoms with Crippen molar-refractivity contribution in [3.63, 3.8) is 0 Å². The molecule has 164 valence electrons. The van der Waals surface area contributed by atoms with Gasteiger partial charge in [0.25, 0.3) is 5.91 Å². The van der Waals surface area contributed by atoms with Crippen LogP contribution in [0.15, 0.2) is 90.0 Å². The van der Waals surface area contributed by atoms with E-state index in [1.54, 1.807) is 30.5 Å². The van der Waals surface area contributed by atoms with E-state index < -0.39 is 5.91 Å². The highest BCUT2D eigenvalue weighted by molar-refractivity contribution is 7.98. The molecule has 2 amide bonds. The fourth-order valence-electron chi connectivity index (χ4n) is 3.51. The SMILES string of the molecule is CSc1ccc(C(=O)Nc2cccc(-c3ccccn3)c2)c(-c2cc(Cl)ccc2C(N)=O)c1. The Morgan fingerprint density at radius 1 is 0.909 bits per heavy atom. The number of carbonyl (C=O) groups excluding carboxylic acids is 2. The third-order valence-electron chi connectivity index (χ3n) is 5.09. The number of benzene rings is 3. The van der Waals surface area contributed by atoms with Crippen LogP contribution in [0.5, 0.6) is 0 Å². The van der Waals surface area contributed by atoms with Crippen LogP contribution in [0.3, 0.4) is 0 Å². The number of nitrogens with zero attached hydrogens (tertiary/aromatic N) is 1. The molecule has 4 aromatic rings. The lowest BCUT2D eigenvalue weighted by atomic mass is 9.94. The van der Waals surface area contributed by atoms with Gasteiger partial charge in [0, 0.05) is 38.5 Å². The highest BCUT2D eigenvalue weighted by atomic mass is 35.5. The van der Waals surface area contributed by atoms with E-state index in [-0.39, 0.29) is 5.91 Å². The molecule has 3 N–H and O–H groups in total. The number of nitrogens with one attached hydrogen (secondary N) is 1. The molecule has 1 aromatic heterocycles. The van der Waals surface area contributed by atoms with E-state index in [1.165, 1.54) is 11.8 Å². The van der Waals surface area contributed by atoms with Crippen molar-refractivity contribution in [3.05, 3.63) is 101 Å². The number of carbonyl (C=O) groups is 2. The molecule has 7 heteroatoms. The van der Waals surface area contributed by atoms with Gasteiger partial charge in [-0.15, -0.1) is 11.8 Å². The molecule has 0 aliphatic heterocycles. The smallest absolute Gasteiger partial charge is 0.256 e. The zero-order valence-corrected chi connectivity index (χ0v) is 19.3. The molecule has 0 saturated heterocycles. The molecule has 0 bridgehead atoms. The number of primary amides is 1. The molecular formula is C26H20ClN3O2S. The summed E-state index contributed by atoms with van der Waals surface area (Å²) in [6.07, 6.45) is 3.66. The van der Waals surface area contributed by atoms with Crippen molar-refractivity contribution in [3.8, 4) is 22.4 Å². The third-order valence-corrected chi connectivity index (χ3v) is 6.05. The van der Waals surface area contributed by atoms with Crippen LogP contribution in [0.1, 0.15) is 20.7 Å². The highest BCUT2D eigenvalue weighted by Gasteiger charge is 2.19. The number of hydrogen-bond donors (Lipinski definition) is 2. The number of pyridine rings is 1. The Morgan fingerprint density at radius 3 is 2.42 bits per heavy atom. The third kappa shape index (κ3) is 5.08. The molecule has 0 fully saturated rings. The van der Waals surface area contributed by atoms with Gasteiger partial charge in [-0.25, -0.2) is 0 Å². The maximum Gasteiger partial charge on any atom is 0.256 e. The average molecular weight is 474 g/mol. The molecule has 0 aliphatic rings. The summed E-state index contributed by atoms with van der Waals surface area (Å²) in [6, 6.07) is 23.4. The first kappa shape index (κ1) is 22.6. The van der Waals surface area contributed by atoms with E-state index in [0.29, 0.717) is 33.0 Å². The Hall–Kier alpha value is -3.61. The fourth-order valence-corrected chi connectivity index (χ4v) is 4.13. The van der Waals surface area contributed by atoms with Gasteiger partial charge < -0.3 is 11.1 Å². The predicted molar refractivity (Wildman–Crippen MR) is 135 cm³/mol. The second-order valence-electron chi connectivity index (χ2n) is 7.22. The average Bonchev–Trinajstić information content (AvgIpc) is 2.84. The van der Waals surface area contributed by atoms with E-state index in [4.69, 9.17) is 17.3 Å². The van der Waals surface area contributed by atoms with Crippen LogP contribution in [-0.2, 0) is 0 Å². The van der Waals surface area contributed by atoms with Gasteiger partial charge in [0.2, 0.25) is 5.91 Å². The first-order valence-electron chi connectivity index (χ1n) is 10.1. The van der Waals surface area contributed by atoms with E-state index >= 15 is 0 Å². The van der Waals surface area contributed by atoms with Gasteiger partial charge in [-0.05, 0) is 78.0 Å². The van der Waals surface area contributed by atoms with Crippen LogP contribution >= 0.6 is 23.4 Å². The van der Waals surface area contributed by atoms with E-state index in [1.807, 2.05) is 60.9 Å². The minimum atomic E-state index is -0.592. The van der Waals surface area contributed by atoms with Gasteiger partial charge in [0.1, 0.15) is 0 Å². The largest absolute Gasteiger partial charge is 0.366 e. The molecule has 0 atom stereocenters. The molecule has 0 spiro atoms. The molecule has 4 rings (SSSR count). The lowest BCUT2D eigenvalue weighted by Crippen LogP contribution is -2.16. The van der Waals surface area contributed by atoms with Crippen LogP contribution in [0.2, 0.25) is 5.02 Å². The standard InChI is InChI=1S/C26H20ClN3O2S/c1-33-19-9-11-21(23(15-19)22-14-17(27)8-10-20(22)25(28)31)26(32)30-18-6-4-5-16(13-18)24-7-2-3-12-29-24/h2-15H,1H3,(H2,28,31)(H,30,32). The quantitative estimate of drug-likeness (QED) is 0.329. The van der Waals surface area contributed by atoms with Crippen molar-refractivity contribution in [1.82, 2.24) is 4.98 Å². The number of thioether (sulfide) groups is 1. The predicted octanol–water partition coefficient (Wildman–Crippen LogP) is 6.14. The Morgan fingerprint density at radius 2 is 1.70 bits per heavy atom. The topological polar surface area (TPSA) is 85.1 Å². The van der Waals surface area contributed by atoms with Gasteiger partial charge in [-0.3, -0.25) is 14.6 Å². The maximum absolute atomic E-state index is 13.3. The van der Waals surface area contributed by atoms with Crippen molar-refractivity contribution in [1.29, 1.82) is 0 Å². The molecule has 33 heavy (non-hydrogen) atoms. The van der Waals surface area contributed by atoms with Crippen molar-refractivity contribution >= 4 is 40.9 Å². The number of anilines is 1. The van der Waals surface area contributed by atoms with Crippen molar-refractivity contribution in [2.45, 2.75) is 4.90 Å². The van der Waals surface area contributed by atoms with Crippen LogP contribution in [0, 0.1) is 0 Å². The van der Waals surface area contributed by atoms with Gasteiger partial charge in [0.15, 0.2) is 0 Å². The first-order valence-corrected chi connectivity index (χ1v) is 11.7. The summed E-state index contributed by atoms with van der Waals surface area (Å²) in [5, 5.41) is 3.40. The van der Waals surface area contributed by atoms with Crippen LogP contribution < -0.4 is 11.1 Å². The molecule has 5 nitrogen and oxygen atoms in total. The Kier molecular flexibility index (Phi) is 6.77. The zero-order chi connectivity index (χ0) is 23.4. The van der Waals surface area contributed by atoms with Crippen LogP contribution in [0.4, 0.5) is 5.69 Å². The minimum absolute atomic E-state index is 0.295. The molecule has 0 aliphatic carbocycles. The Labute approximate surface area is 201 Å². The second kappa shape index (κ2) is 9.90. The number of hydrogen-bond acceptors (Lipinski definition) is 4. The minimum Gasteiger partial charge on any atom is -0.366 e. The first-order chi connectivity index (χ1) is 16.0. The molecule has 1 heterocycles. The normalized spacial score (nSPS) is 10.6. The Bertz CT molecular complexity index is 1340. The van der Waals surface area contributed by atoms with Crippen molar-refractivity contribution in [2.24, 2.45) is 5.73 Å². The van der Waals surface area contributed by atoms with Gasteiger partial charge in [-0.1, -0.05) is 29.8 Å². The lowest BCUT2D eigenvalue weighted by molar-refractivity contribution is 0.0997. The summed E-state index contributed by atoms with van der Waals surface area (Å²) < 4.78 is 0. The second-order valence-corrected chi connectivity index (χ2v) is 8.53. The molecule has 0 radical (unpaired) electrons. The number of amides is 2. The van der Waals surface area contributed by atoms with Crippen molar-refractivity contribution in [2.75, 3.05) is 11.6 Å². The van der Waals surface area contributed by atoms with Gasteiger partial charge in [-0.2, -0.15) is 0 Å². The van der Waals surface area contributed by atoms with Crippen molar-refractivity contribution < 1.29 is 9.59 Å². The maximum atomic E-state index is 13.3. The summed E-state index contributed by atoms with van der Waals surface area (Å²) in [4.78, 5) is 30.7.